The Morgan fingerprint density at radius 1 is 0.556 bits per heavy atom. The molecule has 4 aromatic carbocycles. The van der Waals surface area contributed by atoms with Crippen LogP contribution in [-0.2, 0) is 23.9 Å². The van der Waals surface area contributed by atoms with Gasteiger partial charge in [-0.05, 0) is 46.2 Å². The molecule has 10 heteroatoms. The minimum absolute atomic E-state index is 0.103. The van der Waals surface area contributed by atoms with Crippen LogP contribution in [0.15, 0.2) is 97.1 Å². The summed E-state index contributed by atoms with van der Waals surface area (Å²) in [5.41, 5.74) is 6.43. The molecule has 6 aromatic rings. The highest BCUT2D eigenvalue weighted by Gasteiger charge is 2.23. The van der Waals surface area contributed by atoms with E-state index in [-0.39, 0.29) is 22.3 Å². The van der Waals surface area contributed by atoms with Crippen LogP contribution in [0.5, 0.6) is 11.5 Å². The molecular weight excluding hydrogens is 673 g/mol. The molecule has 0 unspecified atom stereocenters. The summed E-state index contributed by atoms with van der Waals surface area (Å²) in [6.45, 7) is 14.7. The van der Waals surface area contributed by atoms with Gasteiger partial charge in [0.1, 0.15) is 24.6 Å². The monoisotopic (exact) mass is 730 g/mol. The number of aromatic nitrogens is 6. The molecular formula is C44H58N8O2+2. The third-order valence-corrected chi connectivity index (χ3v) is 8.79. The Labute approximate surface area is 321 Å². The summed E-state index contributed by atoms with van der Waals surface area (Å²) >= 11 is 0. The zero-order chi connectivity index (χ0) is 39.6. The highest BCUT2D eigenvalue weighted by Crippen LogP contribution is 2.30. The third-order valence-electron chi connectivity index (χ3n) is 8.79. The maximum Gasteiger partial charge on any atom is 0.206 e. The van der Waals surface area contributed by atoms with Gasteiger partial charge in [0.25, 0.3) is 0 Å². The zero-order valence-corrected chi connectivity index (χ0v) is 34.1. The zero-order valence-electron chi connectivity index (χ0n) is 34.1. The summed E-state index contributed by atoms with van der Waals surface area (Å²) in [5.74, 6) is 3.65. The van der Waals surface area contributed by atoms with E-state index in [0.717, 1.165) is 67.9 Å². The molecule has 0 aliphatic rings. The normalized spacial score (nSPS) is 12.4. The SMILES string of the molecule is CC(C)(C)c1ccc(-c2nc(C[N+](C)(C)C)nn2-c2cccc(O)c2)cc1.CC(C)(C)c1ccc(-c2nnc(C[N+](C)(C)C)n2-c2cccc(O)c2)cc1. The molecule has 0 aliphatic heterocycles. The Morgan fingerprint density at radius 2 is 1.02 bits per heavy atom. The molecule has 0 spiro atoms. The maximum atomic E-state index is 9.96. The first-order valence-electron chi connectivity index (χ1n) is 18.4. The Hall–Kier alpha value is -5.32. The van der Waals surface area contributed by atoms with Crippen molar-refractivity contribution in [3.63, 3.8) is 0 Å². The summed E-state index contributed by atoms with van der Waals surface area (Å²) in [4.78, 5) is 4.82. The number of phenolic OH excluding ortho intramolecular Hbond substituents is 2. The molecule has 0 atom stereocenters. The smallest absolute Gasteiger partial charge is 0.206 e. The maximum absolute atomic E-state index is 9.96. The molecule has 0 fully saturated rings. The van der Waals surface area contributed by atoms with E-state index >= 15 is 0 Å². The molecule has 284 valence electrons. The topological polar surface area (TPSA) is 102 Å². The Balaban J connectivity index is 0.000000208. The molecule has 2 N–H and O–H groups in total. The van der Waals surface area contributed by atoms with Gasteiger partial charge in [-0.25, -0.2) is 9.67 Å². The number of aromatic hydroxyl groups is 2. The van der Waals surface area contributed by atoms with Crippen molar-refractivity contribution in [1.29, 1.82) is 0 Å². The predicted octanol–water partition coefficient (Wildman–Crippen LogP) is 8.29. The fourth-order valence-electron chi connectivity index (χ4n) is 6.01. The van der Waals surface area contributed by atoms with Crippen molar-refractivity contribution in [3.05, 3.63) is 120 Å². The molecule has 0 amide bonds. The van der Waals surface area contributed by atoms with Crippen LogP contribution in [0.4, 0.5) is 0 Å². The molecule has 10 nitrogen and oxygen atoms in total. The van der Waals surface area contributed by atoms with E-state index in [9.17, 15) is 10.2 Å². The van der Waals surface area contributed by atoms with Gasteiger partial charge in [0.15, 0.2) is 17.5 Å². The number of phenols is 2. The van der Waals surface area contributed by atoms with Crippen LogP contribution >= 0.6 is 0 Å². The van der Waals surface area contributed by atoms with Gasteiger partial charge in [-0.1, -0.05) is 102 Å². The lowest BCUT2D eigenvalue weighted by molar-refractivity contribution is -0.884. The molecule has 0 radical (unpaired) electrons. The number of quaternary nitrogens is 2. The summed E-state index contributed by atoms with van der Waals surface area (Å²) in [6, 6.07) is 31.3. The first-order chi connectivity index (χ1) is 25.1. The molecule has 0 bridgehead atoms. The Bertz CT molecular complexity index is 2120. The van der Waals surface area contributed by atoms with Crippen LogP contribution in [0.2, 0.25) is 0 Å². The number of nitrogens with zero attached hydrogens (tertiary/aromatic N) is 8. The van der Waals surface area contributed by atoms with E-state index < -0.39 is 0 Å². The lowest BCUT2D eigenvalue weighted by atomic mass is 9.86. The molecule has 0 saturated heterocycles. The van der Waals surface area contributed by atoms with Crippen LogP contribution in [0.3, 0.4) is 0 Å². The molecule has 0 aliphatic carbocycles. The van der Waals surface area contributed by atoms with E-state index in [0.29, 0.717) is 0 Å². The van der Waals surface area contributed by atoms with Crippen molar-refractivity contribution in [1.82, 2.24) is 29.5 Å². The second-order valence-corrected chi connectivity index (χ2v) is 18.1. The van der Waals surface area contributed by atoms with Gasteiger partial charge < -0.3 is 19.2 Å². The quantitative estimate of drug-likeness (QED) is 0.153. The van der Waals surface area contributed by atoms with Crippen molar-refractivity contribution in [3.8, 4) is 45.6 Å². The minimum Gasteiger partial charge on any atom is -0.508 e. The van der Waals surface area contributed by atoms with Gasteiger partial charge in [0, 0.05) is 23.3 Å². The van der Waals surface area contributed by atoms with Gasteiger partial charge in [0.05, 0.1) is 53.7 Å². The first-order valence-corrected chi connectivity index (χ1v) is 18.4. The Kier molecular flexibility index (Phi) is 11.2. The van der Waals surface area contributed by atoms with Gasteiger partial charge in [0.2, 0.25) is 5.82 Å². The lowest BCUT2D eigenvalue weighted by Gasteiger charge is -2.23. The summed E-state index contributed by atoms with van der Waals surface area (Å²) < 4.78 is 5.33. The fourth-order valence-corrected chi connectivity index (χ4v) is 6.01. The molecule has 2 heterocycles. The number of hydrogen-bond acceptors (Lipinski definition) is 6. The number of benzene rings is 4. The van der Waals surface area contributed by atoms with Gasteiger partial charge in [-0.3, -0.25) is 4.57 Å². The van der Waals surface area contributed by atoms with Crippen LogP contribution in [0, 0.1) is 0 Å². The molecule has 6 rings (SSSR count). The van der Waals surface area contributed by atoms with Crippen LogP contribution in [0.25, 0.3) is 34.2 Å². The highest BCUT2D eigenvalue weighted by molar-refractivity contribution is 5.61. The average molecular weight is 731 g/mol. The van der Waals surface area contributed by atoms with Crippen LogP contribution < -0.4 is 0 Å². The summed E-state index contributed by atoms with van der Waals surface area (Å²) in [5, 5.41) is 33.5. The second-order valence-electron chi connectivity index (χ2n) is 18.1. The van der Waals surface area contributed by atoms with E-state index in [1.54, 1.807) is 24.3 Å². The predicted molar refractivity (Wildman–Crippen MR) is 218 cm³/mol. The lowest BCUT2D eigenvalue weighted by Crippen LogP contribution is -2.34. The van der Waals surface area contributed by atoms with Crippen molar-refractivity contribution in [2.75, 3.05) is 42.3 Å². The summed E-state index contributed by atoms with van der Waals surface area (Å²) in [7, 11) is 12.7. The standard InChI is InChI=1S/2C22H28N4O/c1-22(2,3)17-12-10-16(11-13-17)21-24-23-20(15-26(4,5)6)25(21)18-8-7-9-19(27)14-18;1-22(2,3)17-12-10-16(11-13-17)21-23-20(15-26(4,5)6)24-25(21)18-8-7-9-19(27)14-18/h2*7-14H,15H2,1-6H3/p+2. The van der Waals surface area contributed by atoms with Crippen molar-refractivity contribution in [2.24, 2.45) is 0 Å². The second kappa shape index (κ2) is 15.2. The summed E-state index contributed by atoms with van der Waals surface area (Å²) in [6.07, 6.45) is 0. The third kappa shape index (κ3) is 10.2. The van der Waals surface area contributed by atoms with Crippen molar-refractivity contribution < 1.29 is 19.2 Å². The van der Waals surface area contributed by atoms with Gasteiger partial charge >= 0.3 is 0 Å². The van der Waals surface area contributed by atoms with E-state index in [1.807, 2.05) is 33.5 Å². The van der Waals surface area contributed by atoms with E-state index in [4.69, 9.17) is 10.1 Å². The Morgan fingerprint density at radius 3 is 1.48 bits per heavy atom. The van der Waals surface area contributed by atoms with E-state index in [1.165, 1.54) is 11.1 Å². The largest absolute Gasteiger partial charge is 0.508 e. The van der Waals surface area contributed by atoms with Crippen molar-refractivity contribution in [2.45, 2.75) is 65.5 Å². The van der Waals surface area contributed by atoms with Crippen molar-refractivity contribution >= 4 is 0 Å². The van der Waals surface area contributed by atoms with Gasteiger partial charge in [-0.15, -0.1) is 15.3 Å². The molecule has 0 saturated carbocycles. The minimum atomic E-state index is 0.103. The highest BCUT2D eigenvalue weighted by atomic mass is 16.3. The fraction of sp³-hybridized carbons (Fsp3) is 0.364. The van der Waals surface area contributed by atoms with Crippen LogP contribution in [0.1, 0.15) is 64.3 Å². The molecule has 54 heavy (non-hydrogen) atoms. The first kappa shape index (κ1) is 39.9. The average Bonchev–Trinajstić information content (AvgIpc) is 3.67. The number of rotatable bonds is 8. The number of hydrogen-bond donors (Lipinski definition) is 2. The molecule has 2 aromatic heterocycles. The van der Waals surface area contributed by atoms with Gasteiger partial charge in [-0.2, -0.15) is 0 Å². The van der Waals surface area contributed by atoms with Crippen LogP contribution in [-0.4, -0.2) is 91.0 Å². The van der Waals surface area contributed by atoms with E-state index in [2.05, 4.69) is 143 Å².